The van der Waals surface area contributed by atoms with Crippen LogP contribution in [0.15, 0.2) is 24.3 Å². The van der Waals surface area contributed by atoms with Gasteiger partial charge in [-0.05, 0) is 33.3 Å². The summed E-state index contributed by atoms with van der Waals surface area (Å²) < 4.78 is 24.1. The lowest BCUT2D eigenvalue weighted by Crippen LogP contribution is -2.59. The third kappa shape index (κ3) is 4.35. The maximum atomic E-state index is 13.0. The molecule has 2 fully saturated rings. The van der Waals surface area contributed by atoms with Crippen molar-refractivity contribution in [1.82, 2.24) is 5.32 Å². The number of carbonyl (C=O) groups excluding carboxylic acids is 1. The maximum absolute atomic E-state index is 13.0. The standard InChI is InChI=1S/C21H31NO5/c1-6-22-19(23)21(25-13-15-9-7-8-14(2)10-15)11-16(24-5)18-17(12-21)26-20(3,4)27-18/h7-10,16-18H,6,11-13H2,1-5H3,(H,22,23)/t16?,17-,18+,21-/m1/s1. The normalized spacial score (nSPS) is 32.1. The molecule has 150 valence electrons. The first-order valence-electron chi connectivity index (χ1n) is 9.65. The second-order valence-electron chi connectivity index (χ2n) is 7.95. The summed E-state index contributed by atoms with van der Waals surface area (Å²) in [7, 11) is 1.64. The molecule has 0 radical (unpaired) electrons. The van der Waals surface area contributed by atoms with E-state index in [-0.39, 0.29) is 24.2 Å². The number of likely N-dealkylation sites (N-methyl/N-ethyl adjacent to an activating group) is 1. The fourth-order valence-corrected chi connectivity index (χ4v) is 4.12. The lowest BCUT2D eigenvalue weighted by atomic mass is 9.78. The number of hydrogen-bond acceptors (Lipinski definition) is 5. The fraction of sp³-hybridized carbons (Fsp3) is 0.667. The van der Waals surface area contributed by atoms with Crippen molar-refractivity contribution >= 4 is 5.91 Å². The molecule has 6 nitrogen and oxygen atoms in total. The molecule has 1 amide bonds. The van der Waals surface area contributed by atoms with Crippen LogP contribution in [0.2, 0.25) is 0 Å². The zero-order valence-electron chi connectivity index (χ0n) is 16.9. The largest absolute Gasteiger partial charge is 0.379 e. The monoisotopic (exact) mass is 377 g/mol. The predicted octanol–water partition coefficient (Wildman–Crippen LogP) is 2.72. The van der Waals surface area contributed by atoms with Gasteiger partial charge in [-0.15, -0.1) is 0 Å². The Kier molecular flexibility index (Phi) is 5.91. The SMILES string of the molecule is CCNC(=O)[C@@]1(OCc2cccc(C)c2)CC(OC)[C@@H]2OC(C)(C)O[C@@H]2C1. The molecule has 27 heavy (non-hydrogen) atoms. The number of aryl methyl sites for hydroxylation is 1. The Morgan fingerprint density at radius 3 is 2.74 bits per heavy atom. The van der Waals surface area contributed by atoms with Gasteiger partial charge in [0.1, 0.15) is 6.10 Å². The highest BCUT2D eigenvalue weighted by Crippen LogP contribution is 2.43. The van der Waals surface area contributed by atoms with Crippen molar-refractivity contribution in [3.63, 3.8) is 0 Å². The van der Waals surface area contributed by atoms with E-state index < -0.39 is 11.4 Å². The Labute approximate surface area is 161 Å². The molecule has 0 aromatic heterocycles. The lowest BCUT2D eigenvalue weighted by Gasteiger charge is -2.43. The topological polar surface area (TPSA) is 66.0 Å². The second-order valence-corrected chi connectivity index (χ2v) is 7.95. The van der Waals surface area contributed by atoms with Gasteiger partial charge >= 0.3 is 0 Å². The minimum atomic E-state index is -1.01. The van der Waals surface area contributed by atoms with E-state index in [1.807, 2.05) is 45.9 Å². The smallest absolute Gasteiger partial charge is 0.252 e. The first kappa shape index (κ1) is 20.3. The number of fused-ring (bicyclic) bond motifs is 1. The van der Waals surface area contributed by atoms with Crippen LogP contribution in [-0.4, -0.2) is 49.3 Å². The molecule has 1 saturated carbocycles. The predicted molar refractivity (Wildman–Crippen MR) is 101 cm³/mol. The summed E-state index contributed by atoms with van der Waals surface area (Å²) in [5, 5.41) is 2.93. The number of nitrogens with one attached hydrogen (secondary N) is 1. The van der Waals surface area contributed by atoms with Crippen LogP contribution in [0.3, 0.4) is 0 Å². The van der Waals surface area contributed by atoms with E-state index in [9.17, 15) is 4.79 Å². The average Bonchev–Trinajstić information content (AvgIpc) is 2.93. The Morgan fingerprint density at radius 2 is 2.07 bits per heavy atom. The van der Waals surface area contributed by atoms with Crippen LogP contribution in [0.4, 0.5) is 0 Å². The van der Waals surface area contributed by atoms with Gasteiger partial charge in [-0.1, -0.05) is 29.8 Å². The van der Waals surface area contributed by atoms with Crippen LogP contribution in [-0.2, 0) is 30.3 Å². The number of hydrogen-bond donors (Lipinski definition) is 1. The van der Waals surface area contributed by atoms with E-state index in [4.69, 9.17) is 18.9 Å². The number of methoxy groups -OCH3 is 1. The average molecular weight is 377 g/mol. The van der Waals surface area contributed by atoms with E-state index in [1.165, 1.54) is 0 Å². The molecule has 4 atom stereocenters. The molecule has 1 saturated heterocycles. The lowest BCUT2D eigenvalue weighted by molar-refractivity contribution is -0.178. The quantitative estimate of drug-likeness (QED) is 0.826. The third-order valence-electron chi connectivity index (χ3n) is 5.30. The summed E-state index contributed by atoms with van der Waals surface area (Å²) in [6.07, 6.45) is 0.153. The summed E-state index contributed by atoms with van der Waals surface area (Å²) in [6.45, 7) is 8.63. The molecule has 0 spiro atoms. The van der Waals surface area contributed by atoms with Crippen molar-refractivity contribution in [2.24, 2.45) is 0 Å². The van der Waals surface area contributed by atoms with Crippen molar-refractivity contribution < 1.29 is 23.7 Å². The minimum absolute atomic E-state index is 0.119. The molecule has 1 aliphatic carbocycles. The Bertz CT molecular complexity index is 676. The van der Waals surface area contributed by atoms with Crippen molar-refractivity contribution in [2.75, 3.05) is 13.7 Å². The fourth-order valence-electron chi connectivity index (χ4n) is 4.12. The van der Waals surface area contributed by atoms with E-state index in [0.29, 0.717) is 26.0 Å². The summed E-state index contributed by atoms with van der Waals surface area (Å²) in [4.78, 5) is 13.0. The number of ether oxygens (including phenoxy) is 4. The van der Waals surface area contributed by atoms with E-state index in [1.54, 1.807) is 7.11 Å². The van der Waals surface area contributed by atoms with Crippen molar-refractivity contribution in [3.05, 3.63) is 35.4 Å². The van der Waals surface area contributed by atoms with Crippen molar-refractivity contribution in [2.45, 2.75) is 76.8 Å². The first-order chi connectivity index (χ1) is 12.8. The number of carbonyl (C=O) groups is 1. The molecule has 1 aromatic carbocycles. The first-order valence-corrected chi connectivity index (χ1v) is 9.65. The van der Waals surface area contributed by atoms with Crippen LogP contribution >= 0.6 is 0 Å². The zero-order valence-corrected chi connectivity index (χ0v) is 16.9. The molecule has 1 heterocycles. The molecule has 1 aliphatic heterocycles. The highest BCUT2D eigenvalue weighted by atomic mass is 16.8. The Morgan fingerprint density at radius 1 is 1.30 bits per heavy atom. The van der Waals surface area contributed by atoms with E-state index in [2.05, 4.69) is 11.4 Å². The van der Waals surface area contributed by atoms with Gasteiger partial charge < -0.3 is 24.3 Å². The van der Waals surface area contributed by atoms with E-state index in [0.717, 1.165) is 11.1 Å². The van der Waals surface area contributed by atoms with Gasteiger partial charge in [0.2, 0.25) is 0 Å². The van der Waals surface area contributed by atoms with E-state index >= 15 is 0 Å². The maximum Gasteiger partial charge on any atom is 0.252 e. The minimum Gasteiger partial charge on any atom is -0.379 e. The van der Waals surface area contributed by atoms with Gasteiger partial charge in [0.05, 0.1) is 18.8 Å². The number of rotatable bonds is 6. The highest BCUT2D eigenvalue weighted by Gasteiger charge is 2.57. The zero-order chi connectivity index (χ0) is 19.7. The highest BCUT2D eigenvalue weighted by molar-refractivity contribution is 5.85. The van der Waals surface area contributed by atoms with Crippen LogP contribution < -0.4 is 5.32 Å². The molecular formula is C21H31NO5. The molecule has 1 N–H and O–H groups in total. The van der Waals surface area contributed by atoms with Crippen LogP contribution in [0, 0.1) is 6.92 Å². The van der Waals surface area contributed by atoms with Gasteiger partial charge in [-0.2, -0.15) is 0 Å². The van der Waals surface area contributed by atoms with Gasteiger partial charge in [-0.25, -0.2) is 0 Å². The molecular weight excluding hydrogens is 346 g/mol. The Hall–Kier alpha value is -1.47. The molecule has 0 bridgehead atoms. The van der Waals surface area contributed by atoms with Crippen molar-refractivity contribution in [1.29, 1.82) is 0 Å². The molecule has 3 rings (SSSR count). The molecule has 2 aliphatic rings. The second kappa shape index (κ2) is 7.87. The molecule has 1 unspecified atom stereocenters. The van der Waals surface area contributed by atoms with Crippen LogP contribution in [0.25, 0.3) is 0 Å². The van der Waals surface area contributed by atoms with Gasteiger partial charge in [0.15, 0.2) is 11.4 Å². The summed E-state index contributed by atoms with van der Waals surface area (Å²) in [6, 6.07) is 8.12. The van der Waals surface area contributed by atoms with Gasteiger partial charge in [-0.3, -0.25) is 4.79 Å². The Balaban J connectivity index is 1.85. The van der Waals surface area contributed by atoms with Gasteiger partial charge in [0.25, 0.3) is 5.91 Å². The van der Waals surface area contributed by atoms with Crippen LogP contribution in [0.5, 0.6) is 0 Å². The summed E-state index contributed by atoms with van der Waals surface area (Å²) in [5.41, 5.74) is 1.19. The third-order valence-corrected chi connectivity index (χ3v) is 5.30. The molecule has 6 heteroatoms. The van der Waals surface area contributed by atoms with Gasteiger partial charge in [0, 0.05) is 26.5 Å². The molecule has 1 aromatic rings. The summed E-state index contributed by atoms with van der Waals surface area (Å²) in [5.74, 6) is -0.813. The van der Waals surface area contributed by atoms with Crippen molar-refractivity contribution in [3.8, 4) is 0 Å². The number of amides is 1. The summed E-state index contributed by atoms with van der Waals surface area (Å²) >= 11 is 0. The number of benzene rings is 1. The van der Waals surface area contributed by atoms with Crippen LogP contribution in [0.1, 0.15) is 44.7 Å².